The van der Waals surface area contributed by atoms with Crippen LogP contribution in [0.1, 0.15) is 27.7 Å². The molecular formula is C14H20N2S. The largest absolute Gasteiger partial charge is 0.330 e. The maximum absolute atomic E-state index is 9.10. The molecule has 17 heavy (non-hydrogen) atoms. The third-order valence-corrected chi connectivity index (χ3v) is 3.19. The smallest absolute Gasteiger partial charge is 0.0766 e. The number of nitriles is 1. The van der Waals surface area contributed by atoms with Gasteiger partial charge >= 0.3 is 0 Å². The molecule has 0 bridgehead atoms. The highest BCUT2D eigenvalue weighted by atomic mass is 32.2. The molecule has 0 aromatic rings. The van der Waals surface area contributed by atoms with Gasteiger partial charge in [0.2, 0.25) is 0 Å². The minimum Gasteiger partial charge on any atom is -0.330 e. The highest BCUT2D eigenvalue weighted by Crippen LogP contribution is 2.29. The van der Waals surface area contributed by atoms with Gasteiger partial charge in [0.05, 0.1) is 11.5 Å². The molecular weight excluding hydrogens is 228 g/mol. The molecule has 0 radical (unpaired) electrons. The highest BCUT2D eigenvalue weighted by Gasteiger charge is 2.20. The summed E-state index contributed by atoms with van der Waals surface area (Å²) in [5, 5.41) is 9.10. The summed E-state index contributed by atoms with van der Waals surface area (Å²) in [4.78, 5) is 1.03. The zero-order chi connectivity index (χ0) is 13.5. The van der Waals surface area contributed by atoms with E-state index >= 15 is 0 Å². The van der Waals surface area contributed by atoms with Gasteiger partial charge in [-0.15, -0.1) is 0 Å². The van der Waals surface area contributed by atoms with Crippen LogP contribution in [0.3, 0.4) is 0 Å². The molecule has 0 aromatic carbocycles. The van der Waals surface area contributed by atoms with Gasteiger partial charge in [-0.25, -0.2) is 0 Å². The van der Waals surface area contributed by atoms with Crippen LogP contribution in [0, 0.1) is 16.7 Å². The molecule has 92 valence electrons. The van der Waals surface area contributed by atoms with Gasteiger partial charge in [0.1, 0.15) is 0 Å². The van der Waals surface area contributed by atoms with Crippen molar-refractivity contribution in [3.63, 3.8) is 0 Å². The van der Waals surface area contributed by atoms with Crippen molar-refractivity contribution in [2.45, 2.75) is 27.7 Å². The molecule has 0 aliphatic heterocycles. The average molecular weight is 248 g/mol. The van der Waals surface area contributed by atoms with Crippen LogP contribution in [-0.4, -0.2) is 0 Å². The normalized spacial score (nSPS) is 12.9. The molecule has 0 heterocycles. The van der Waals surface area contributed by atoms with Crippen LogP contribution in [0.4, 0.5) is 0 Å². The Labute approximate surface area is 109 Å². The van der Waals surface area contributed by atoms with Gasteiger partial charge in [-0.05, 0) is 51.3 Å². The van der Waals surface area contributed by atoms with Gasteiger partial charge in [0.15, 0.2) is 0 Å². The van der Waals surface area contributed by atoms with E-state index in [0.717, 1.165) is 16.2 Å². The summed E-state index contributed by atoms with van der Waals surface area (Å²) < 4.78 is 3.09. The van der Waals surface area contributed by atoms with E-state index < -0.39 is 5.41 Å². The van der Waals surface area contributed by atoms with Gasteiger partial charge in [-0.1, -0.05) is 25.3 Å². The Morgan fingerprint density at radius 3 is 2.41 bits per heavy atom. The molecule has 0 aliphatic rings. The molecule has 0 fully saturated rings. The molecule has 0 rings (SSSR count). The Bertz CT molecular complexity index is 395. The lowest BCUT2D eigenvalue weighted by Crippen LogP contribution is -2.10. The standard InChI is InChI=1S/C14H20N2S/c1-7-12(14(5,6)10-15)9-13(8-2)17-16-11(3)4/h7-9,16H,1,3H2,2,4-6H3/b12-9+,13-8+. The van der Waals surface area contributed by atoms with Crippen LogP contribution in [0.25, 0.3) is 0 Å². The van der Waals surface area contributed by atoms with E-state index in [2.05, 4.69) is 23.9 Å². The van der Waals surface area contributed by atoms with Crippen LogP contribution >= 0.6 is 11.9 Å². The summed E-state index contributed by atoms with van der Waals surface area (Å²) >= 11 is 1.48. The maximum Gasteiger partial charge on any atom is 0.0766 e. The third kappa shape index (κ3) is 5.46. The van der Waals surface area contributed by atoms with E-state index in [1.54, 1.807) is 6.08 Å². The fourth-order valence-electron chi connectivity index (χ4n) is 1.03. The van der Waals surface area contributed by atoms with Crippen molar-refractivity contribution < 1.29 is 0 Å². The van der Waals surface area contributed by atoms with Crippen LogP contribution in [0.5, 0.6) is 0 Å². The van der Waals surface area contributed by atoms with E-state index in [1.807, 2.05) is 39.8 Å². The van der Waals surface area contributed by atoms with E-state index in [4.69, 9.17) is 5.26 Å². The summed E-state index contributed by atoms with van der Waals surface area (Å²) in [5.74, 6) is 0. The zero-order valence-corrected chi connectivity index (χ0v) is 11.8. The van der Waals surface area contributed by atoms with Gasteiger partial charge in [0, 0.05) is 10.6 Å². The van der Waals surface area contributed by atoms with Crippen molar-refractivity contribution in [2.75, 3.05) is 0 Å². The number of nitrogens with one attached hydrogen (secondary N) is 1. The fourth-order valence-corrected chi connectivity index (χ4v) is 1.63. The van der Waals surface area contributed by atoms with Crippen LogP contribution < -0.4 is 4.72 Å². The maximum atomic E-state index is 9.10. The fraction of sp³-hybridized carbons (Fsp3) is 0.357. The Balaban J connectivity index is 5.00. The molecule has 3 heteroatoms. The Morgan fingerprint density at radius 2 is 2.06 bits per heavy atom. The summed E-state index contributed by atoms with van der Waals surface area (Å²) in [7, 11) is 0. The van der Waals surface area contributed by atoms with Crippen LogP contribution in [0.2, 0.25) is 0 Å². The van der Waals surface area contributed by atoms with E-state index in [0.29, 0.717) is 0 Å². The quantitative estimate of drug-likeness (QED) is 0.561. The van der Waals surface area contributed by atoms with Crippen LogP contribution in [0.15, 0.2) is 47.6 Å². The highest BCUT2D eigenvalue weighted by molar-refractivity contribution is 8.01. The summed E-state index contributed by atoms with van der Waals surface area (Å²) in [6, 6.07) is 2.27. The minimum atomic E-state index is -0.528. The zero-order valence-electron chi connectivity index (χ0n) is 11.0. The van der Waals surface area contributed by atoms with Gasteiger partial charge in [-0.3, -0.25) is 0 Å². The van der Waals surface area contributed by atoms with Crippen molar-refractivity contribution in [2.24, 2.45) is 5.41 Å². The Morgan fingerprint density at radius 1 is 1.47 bits per heavy atom. The number of hydrogen-bond donors (Lipinski definition) is 1. The first kappa shape index (κ1) is 15.6. The average Bonchev–Trinajstić information content (AvgIpc) is 2.28. The van der Waals surface area contributed by atoms with E-state index in [1.165, 1.54) is 11.9 Å². The predicted molar refractivity (Wildman–Crippen MR) is 77.0 cm³/mol. The second-order valence-corrected chi connectivity index (χ2v) is 5.10. The van der Waals surface area contributed by atoms with E-state index in [9.17, 15) is 0 Å². The Kier molecular flexibility index (Phi) is 6.45. The number of allylic oxidation sites excluding steroid dienone is 5. The molecule has 0 unspecified atom stereocenters. The first-order chi connectivity index (χ1) is 7.87. The number of hydrogen-bond acceptors (Lipinski definition) is 3. The van der Waals surface area contributed by atoms with Gasteiger partial charge in [0.25, 0.3) is 0 Å². The second-order valence-electron chi connectivity index (χ2n) is 4.22. The molecule has 0 aromatic heterocycles. The summed E-state index contributed by atoms with van der Waals surface area (Å²) in [6.45, 7) is 15.2. The van der Waals surface area contributed by atoms with Crippen molar-refractivity contribution in [1.82, 2.24) is 4.72 Å². The van der Waals surface area contributed by atoms with E-state index in [-0.39, 0.29) is 0 Å². The topological polar surface area (TPSA) is 35.8 Å². The third-order valence-electron chi connectivity index (χ3n) is 2.15. The lowest BCUT2D eigenvalue weighted by atomic mass is 9.85. The van der Waals surface area contributed by atoms with Crippen LogP contribution in [-0.2, 0) is 0 Å². The summed E-state index contributed by atoms with van der Waals surface area (Å²) in [6.07, 6.45) is 5.68. The SMILES string of the molecule is C=C/C(=C\C(=C/C)SNC(=C)C)C(C)(C)C#N. The molecule has 0 amide bonds. The Hall–Kier alpha value is -1.40. The molecule has 2 nitrogen and oxygen atoms in total. The molecule has 0 saturated carbocycles. The minimum absolute atomic E-state index is 0.528. The van der Waals surface area contributed by atoms with Crippen molar-refractivity contribution in [3.8, 4) is 6.07 Å². The summed E-state index contributed by atoms with van der Waals surface area (Å²) in [5.41, 5.74) is 1.27. The predicted octanol–water partition coefficient (Wildman–Crippen LogP) is 4.32. The molecule has 0 atom stereocenters. The lowest BCUT2D eigenvalue weighted by molar-refractivity contribution is 0.613. The first-order valence-electron chi connectivity index (χ1n) is 5.38. The first-order valence-corrected chi connectivity index (χ1v) is 6.19. The lowest BCUT2D eigenvalue weighted by Gasteiger charge is -2.17. The van der Waals surface area contributed by atoms with Crippen molar-refractivity contribution in [3.05, 3.63) is 47.6 Å². The van der Waals surface area contributed by atoms with Gasteiger partial charge < -0.3 is 4.72 Å². The van der Waals surface area contributed by atoms with Crippen molar-refractivity contribution in [1.29, 1.82) is 5.26 Å². The molecule has 0 aliphatic carbocycles. The second kappa shape index (κ2) is 7.03. The monoisotopic (exact) mass is 248 g/mol. The molecule has 0 spiro atoms. The number of nitrogens with zero attached hydrogens (tertiary/aromatic N) is 1. The van der Waals surface area contributed by atoms with Crippen molar-refractivity contribution >= 4 is 11.9 Å². The van der Waals surface area contributed by atoms with Gasteiger partial charge in [-0.2, -0.15) is 5.26 Å². The molecule has 1 N–H and O–H groups in total. The molecule has 0 saturated heterocycles. The number of rotatable bonds is 6.